The number of benzene rings is 1. The topological polar surface area (TPSA) is 78.9 Å². The first-order chi connectivity index (χ1) is 11.8. The average Bonchev–Trinajstić information content (AvgIpc) is 2.60. The quantitative estimate of drug-likeness (QED) is 0.409. The highest BCUT2D eigenvalue weighted by atomic mass is 16.5. The van der Waals surface area contributed by atoms with Gasteiger partial charge >= 0.3 is 17.9 Å². The minimum atomic E-state index is -0.695. The molecule has 0 spiro atoms. The van der Waals surface area contributed by atoms with E-state index in [1.165, 1.54) is 13.2 Å². The van der Waals surface area contributed by atoms with E-state index >= 15 is 0 Å². The van der Waals surface area contributed by atoms with Gasteiger partial charge < -0.3 is 14.2 Å². The fourth-order valence-corrected chi connectivity index (χ4v) is 1.65. The van der Waals surface area contributed by atoms with Crippen LogP contribution in [-0.4, -0.2) is 31.1 Å². The van der Waals surface area contributed by atoms with Gasteiger partial charge in [-0.3, -0.25) is 4.79 Å². The molecule has 6 heteroatoms. The Bertz CT molecular complexity index is 657. The van der Waals surface area contributed by atoms with Crippen LogP contribution in [0.1, 0.15) is 32.3 Å². The lowest BCUT2D eigenvalue weighted by Crippen LogP contribution is -2.18. The van der Waals surface area contributed by atoms with Gasteiger partial charge in [-0.25, -0.2) is 9.59 Å². The molecule has 0 fully saturated rings. The molecule has 1 atom stereocenters. The Kier molecular flexibility index (Phi) is 8.12. The van der Waals surface area contributed by atoms with Crippen LogP contribution in [-0.2, 0) is 23.9 Å². The van der Waals surface area contributed by atoms with E-state index in [9.17, 15) is 14.4 Å². The van der Waals surface area contributed by atoms with Crippen molar-refractivity contribution in [1.29, 1.82) is 0 Å². The molecule has 0 N–H and O–H groups in total. The summed E-state index contributed by atoms with van der Waals surface area (Å²) in [6.07, 6.45) is 3.12. The first-order valence-electron chi connectivity index (χ1n) is 7.81. The van der Waals surface area contributed by atoms with Crippen LogP contribution in [0.3, 0.4) is 0 Å². The Morgan fingerprint density at radius 3 is 2.40 bits per heavy atom. The second kappa shape index (κ2) is 10.1. The van der Waals surface area contributed by atoms with Gasteiger partial charge in [0.25, 0.3) is 0 Å². The number of carbonyl (C=O) groups is 3. The molecule has 0 aliphatic heterocycles. The van der Waals surface area contributed by atoms with E-state index in [0.29, 0.717) is 12.2 Å². The Morgan fingerprint density at radius 2 is 1.84 bits per heavy atom. The summed E-state index contributed by atoms with van der Waals surface area (Å²) in [6, 6.07) is 6.48. The highest BCUT2D eigenvalue weighted by molar-refractivity contribution is 5.94. The zero-order valence-corrected chi connectivity index (χ0v) is 14.6. The van der Waals surface area contributed by atoms with Crippen LogP contribution in [0.5, 0.6) is 5.75 Å². The predicted molar refractivity (Wildman–Crippen MR) is 92.7 cm³/mol. The maximum Gasteiger partial charge on any atom is 0.339 e. The Hall–Kier alpha value is -2.89. The average molecular weight is 346 g/mol. The van der Waals surface area contributed by atoms with Gasteiger partial charge in [0.2, 0.25) is 0 Å². The second-order valence-corrected chi connectivity index (χ2v) is 5.30. The van der Waals surface area contributed by atoms with Crippen molar-refractivity contribution in [2.75, 3.05) is 7.11 Å². The van der Waals surface area contributed by atoms with Crippen molar-refractivity contribution in [2.45, 2.75) is 32.8 Å². The molecule has 1 unspecified atom stereocenters. The van der Waals surface area contributed by atoms with Gasteiger partial charge in [0.05, 0.1) is 19.6 Å². The van der Waals surface area contributed by atoms with Crippen molar-refractivity contribution in [3.8, 4) is 5.75 Å². The third kappa shape index (κ3) is 7.48. The normalized spacial score (nSPS) is 11.6. The van der Waals surface area contributed by atoms with Crippen LogP contribution in [0.4, 0.5) is 0 Å². The molecule has 0 amide bonds. The fraction of sp³-hybridized carbons (Fsp3) is 0.316. The third-order valence-electron chi connectivity index (χ3n) is 3.26. The smallest absolute Gasteiger partial charge is 0.339 e. The lowest BCUT2D eigenvalue weighted by molar-refractivity contribution is -0.148. The van der Waals surface area contributed by atoms with Crippen molar-refractivity contribution in [3.63, 3.8) is 0 Å². The van der Waals surface area contributed by atoms with E-state index in [-0.39, 0.29) is 18.1 Å². The van der Waals surface area contributed by atoms with E-state index < -0.39 is 17.9 Å². The lowest BCUT2D eigenvalue weighted by Gasteiger charge is -2.11. The van der Waals surface area contributed by atoms with Gasteiger partial charge in [-0.15, -0.1) is 0 Å². The van der Waals surface area contributed by atoms with Crippen LogP contribution in [0.2, 0.25) is 0 Å². The van der Waals surface area contributed by atoms with E-state index in [0.717, 1.165) is 5.56 Å². The molecule has 134 valence electrons. The molecule has 0 aliphatic rings. The van der Waals surface area contributed by atoms with Gasteiger partial charge in [0, 0.05) is 11.6 Å². The predicted octanol–water partition coefficient (Wildman–Crippen LogP) is 3.07. The molecule has 25 heavy (non-hydrogen) atoms. The zero-order chi connectivity index (χ0) is 18.8. The SMILES string of the molecule is C=C(CC(=O)OC(C)CC)C(=O)Oc1ccc(/C=C/C(=O)OC)cc1. The largest absolute Gasteiger partial charge is 0.466 e. The van der Waals surface area contributed by atoms with Crippen molar-refractivity contribution in [3.05, 3.63) is 48.1 Å². The van der Waals surface area contributed by atoms with Gasteiger partial charge in [0.1, 0.15) is 5.75 Å². The summed E-state index contributed by atoms with van der Waals surface area (Å²) in [5.74, 6) is -1.37. The minimum absolute atomic E-state index is 0.0166. The molecule has 0 aromatic heterocycles. The van der Waals surface area contributed by atoms with Gasteiger partial charge in [-0.2, -0.15) is 0 Å². The van der Waals surface area contributed by atoms with Gasteiger partial charge in [-0.05, 0) is 37.1 Å². The van der Waals surface area contributed by atoms with Crippen molar-refractivity contribution in [2.24, 2.45) is 0 Å². The van der Waals surface area contributed by atoms with Crippen LogP contribution in [0, 0.1) is 0 Å². The molecule has 1 rings (SSSR count). The molecule has 1 aromatic rings. The maximum atomic E-state index is 11.9. The molecule has 1 aromatic carbocycles. The summed E-state index contributed by atoms with van der Waals surface area (Å²) < 4.78 is 14.7. The van der Waals surface area contributed by atoms with E-state index in [4.69, 9.17) is 9.47 Å². The maximum absolute atomic E-state index is 11.9. The molecule has 0 radical (unpaired) electrons. The van der Waals surface area contributed by atoms with E-state index in [2.05, 4.69) is 11.3 Å². The molecule has 0 bridgehead atoms. The van der Waals surface area contributed by atoms with Crippen LogP contribution in [0.15, 0.2) is 42.5 Å². The summed E-state index contributed by atoms with van der Waals surface area (Å²) in [5.41, 5.74) is 0.754. The monoisotopic (exact) mass is 346 g/mol. The summed E-state index contributed by atoms with van der Waals surface area (Å²) in [4.78, 5) is 34.6. The Labute approximate surface area is 147 Å². The molecular weight excluding hydrogens is 324 g/mol. The third-order valence-corrected chi connectivity index (χ3v) is 3.26. The zero-order valence-electron chi connectivity index (χ0n) is 14.6. The van der Waals surface area contributed by atoms with Crippen molar-refractivity contribution >= 4 is 24.0 Å². The molecule has 6 nitrogen and oxygen atoms in total. The summed E-state index contributed by atoms with van der Waals surface area (Å²) in [6.45, 7) is 7.23. The Balaban J connectivity index is 2.56. The lowest BCUT2D eigenvalue weighted by atomic mass is 10.2. The van der Waals surface area contributed by atoms with Crippen LogP contribution >= 0.6 is 0 Å². The molecule has 0 heterocycles. The number of methoxy groups -OCH3 is 1. The number of carbonyl (C=O) groups excluding carboxylic acids is 3. The first-order valence-corrected chi connectivity index (χ1v) is 7.81. The highest BCUT2D eigenvalue weighted by Gasteiger charge is 2.16. The number of esters is 3. The van der Waals surface area contributed by atoms with E-state index in [1.807, 2.05) is 6.92 Å². The van der Waals surface area contributed by atoms with Gasteiger partial charge in [0.15, 0.2) is 0 Å². The minimum Gasteiger partial charge on any atom is -0.466 e. The summed E-state index contributed by atoms with van der Waals surface area (Å²) >= 11 is 0. The molecule has 0 saturated heterocycles. The molecular formula is C19H22O6. The Morgan fingerprint density at radius 1 is 1.20 bits per heavy atom. The number of hydrogen-bond acceptors (Lipinski definition) is 6. The highest BCUT2D eigenvalue weighted by Crippen LogP contribution is 2.16. The standard InChI is InChI=1S/C19H22O6/c1-5-14(3)24-18(21)12-13(2)19(22)25-16-9-6-15(7-10-16)8-11-17(20)23-4/h6-11,14H,2,5,12H2,1,3-4H3/b11-8+. The van der Waals surface area contributed by atoms with Crippen LogP contribution in [0.25, 0.3) is 6.08 Å². The number of ether oxygens (including phenoxy) is 3. The summed E-state index contributed by atoms with van der Waals surface area (Å²) in [7, 11) is 1.29. The number of hydrogen-bond donors (Lipinski definition) is 0. The summed E-state index contributed by atoms with van der Waals surface area (Å²) in [5, 5.41) is 0. The molecule has 0 aliphatic carbocycles. The number of rotatable bonds is 8. The fourth-order valence-electron chi connectivity index (χ4n) is 1.65. The molecule has 0 saturated carbocycles. The van der Waals surface area contributed by atoms with Crippen LogP contribution < -0.4 is 4.74 Å². The van der Waals surface area contributed by atoms with Gasteiger partial charge in [-0.1, -0.05) is 25.6 Å². The second-order valence-electron chi connectivity index (χ2n) is 5.30. The van der Waals surface area contributed by atoms with E-state index in [1.54, 1.807) is 37.3 Å². The first kappa shape index (κ1) is 20.2. The van der Waals surface area contributed by atoms with Crippen molar-refractivity contribution < 1.29 is 28.6 Å². The van der Waals surface area contributed by atoms with Crippen molar-refractivity contribution in [1.82, 2.24) is 0 Å².